The molecular formula is C22H19NO7. The van der Waals surface area contributed by atoms with Gasteiger partial charge in [0.25, 0.3) is 0 Å². The molecule has 0 amide bonds. The maximum atomic E-state index is 12.3. The van der Waals surface area contributed by atoms with Gasteiger partial charge >= 0.3 is 17.7 Å². The first kappa shape index (κ1) is 19.5. The van der Waals surface area contributed by atoms with Crippen LogP contribution in [0.4, 0.5) is 0 Å². The molecule has 0 aliphatic carbocycles. The van der Waals surface area contributed by atoms with Crippen LogP contribution in [-0.4, -0.2) is 23.1 Å². The highest BCUT2D eigenvalue weighted by molar-refractivity contribution is 5.96. The van der Waals surface area contributed by atoms with Crippen LogP contribution in [0.5, 0.6) is 0 Å². The van der Waals surface area contributed by atoms with Crippen molar-refractivity contribution in [2.45, 2.75) is 26.5 Å². The number of hydrogen-bond acceptors (Lipinski definition) is 7. The quantitative estimate of drug-likeness (QED) is 0.429. The monoisotopic (exact) mass is 409 g/mol. The minimum atomic E-state index is -0.615. The predicted molar refractivity (Wildman–Crippen MR) is 107 cm³/mol. The maximum absolute atomic E-state index is 12.3. The second kappa shape index (κ2) is 8.28. The van der Waals surface area contributed by atoms with Crippen LogP contribution < -0.4 is 5.76 Å². The Morgan fingerprint density at radius 1 is 0.967 bits per heavy atom. The molecule has 0 aliphatic heterocycles. The Labute approximate surface area is 170 Å². The average Bonchev–Trinajstić information content (AvgIpc) is 3.28. The van der Waals surface area contributed by atoms with Crippen molar-refractivity contribution in [1.82, 2.24) is 4.57 Å². The normalized spacial score (nSPS) is 11.1. The first-order valence-electron chi connectivity index (χ1n) is 9.50. The highest BCUT2D eigenvalue weighted by atomic mass is 16.5. The lowest BCUT2D eigenvalue weighted by atomic mass is 10.1. The molecule has 0 saturated carbocycles. The zero-order valence-electron chi connectivity index (χ0n) is 16.3. The molecule has 2 aromatic heterocycles. The van der Waals surface area contributed by atoms with Crippen LogP contribution in [0.1, 0.15) is 29.5 Å². The Hall–Kier alpha value is -3.81. The molecule has 0 spiro atoms. The first-order chi connectivity index (χ1) is 14.6. The lowest BCUT2D eigenvalue weighted by molar-refractivity contribution is -0.145. The van der Waals surface area contributed by atoms with Crippen molar-refractivity contribution in [2.75, 3.05) is 6.61 Å². The van der Waals surface area contributed by atoms with Gasteiger partial charge < -0.3 is 18.3 Å². The molecule has 30 heavy (non-hydrogen) atoms. The van der Waals surface area contributed by atoms with Gasteiger partial charge in [-0.3, -0.25) is 9.36 Å². The van der Waals surface area contributed by atoms with E-state index in [4.69, 9.17) is 18.3 Å². The third-order valence-electron chi connectivity index (χ3n) is 4.65. The molecule has 0 unspecified atom stereocenters. The van der Waals surface area contributed by atoms with Crippen LogP contribution in [0.25, 0.3) is 22.1 Å². The predicted octanol–water partition coefficient (Wildman–Crippen LogP) is 3.65. The topological polar surface area (TPSA) is 101 Å². The van der Waals surface area contributed by atoms with Crippen LogP contribution in [0, 0.1) is 0 Å². The molecule has 0 radical (unpaired) electrons. The highest BCUT2D eigenvalue weighted by Gasteiger charge is 2.22. The lowest BCUT2D eigenvalue weighted by Gasteiger charge is -2.06. The third kappa shape index (κ3) is 3.71. The van der Waals surface area contributed by atoms with Gasteiger partial charge in [0, 0.05) is 11.9 Å². The van der Waals surface area contributed by atoms with Gasteiger partial charge in [-0.2, -0.15) is 0 Å². The number of aryl methyl sites for hydroxylation is 1. The van der Waals surface area contributed by atoms with Crippen LogP contribution >= 0.6 is 0 Å². The van der Waals surface area contributed by atoms with E-state index in [1.54, 1.807) is 55.5 Å². The number of carbonyl (C=O) groups is 2. The van der Waals surface area contributed by atoms with E-state index in [-0.39, 0.29) is 31.9 Å². The fraction of sp³-hybridized carbons (Fsp3) is 0.227. The van der Waals surface area contributed by atoms with E-state index in [1.807, 2.05) is 0 Å². The smallest absolute Gasteiger partial charge is 0.419 e. The number of nitrogens with zero attached hydrogens (tertiary/aromatic N) is 1. The fourth-order valence-corrected chi connectivity index (χ4v) is 3.26. The van der Waals surface area contributed by atoms with Gasteiger partial charge in [-0.05, 0) is 25.1 Å². The van der Waals surface area contributed by atoms with Gasteiger partial charge in [0.2, 0.25) is 5.76 Å². The third-order valence-corrected chi connectivity index (χ3v) is 4.65. The van der Waals surface area contributed by atoms with E-state index in [0.29, 0.717) is 27.6 Å². The number of esters is 2. The molecule has 2 aromatic carbocycles. The Balaban J connectivity index is 1.48. The maximum Gasteiger partial charge on any atom is 0.419 e. The number of ether oxygens (including phenoxy) is 2. The molecule has 4 rings (SSSR count). The molecule has 0 saturated heterocycles. The number of fused-ring (bicyclic) bond motifs is 2. The molecular weight excluding hydrogens is 390 g/mol. The Morgan fingerprint density at radius 2 is 1.70 bits per heavy atom. The van der Waals surface area contributed by atoms with Gasteiger partial charge in [0.05, 0.1) is 24.1 Å². The largest absolute Gasteiger partial charge is 0.461 e. The van der Waals surface area contributed by atoms with Crippen LogP contribution in [0.2, 0.25) is 0 Å². The molecule has 0 bridgehead atoms. The van der Waals surface area contributed by atoms with Crippen molar-refractivity contribution in [3.8, 4) is 0 Å². The summed E-state index contributed by atoms with van der Waals surface area (Å²) in [6.45, 7) is 1.86. The number of furan rings is 1. The van der Waals surface area contributed by atoms with Crippen molar-refractivity contribution in [3.63, 3.8) is 0 Å². The summed E-state index contributed by atoms with van der Waals surface area (Å²) in [5.74, 6) is -1.65. The molecule has 4 aromatic rings. The zero-order chi connectivity index (χ0) is 21.1. The molecule has 0 atom stereocenters. The van der Waals surface area contributed by atoms with Gasteiger partial charge in [-0.25, -0.2) is 9.59 Å². The molecule has 0 fully saturated rings. The van der Waals surface area contributed by atoms with E-state index < -0.39 is 17.7 Å². The van der Waals surface area contributed by atoms with E-state index in [9.17, 15) is 14.4 Å². The van der Waals surface area contributed by atoms with Gasteiger partial charge in [0.1, 0.15) is 12.2 Å². The second-order valence-electron chi connectivity index (χ2n) is 6.52. The van der Waals surface area contributed by atoms with Gasteiger partial charge in [-0.15, -0.1) is 0 Å². The average molecular weight is 409 g/mol. The van der Waals surface area contributed by atoms with E-state index >= 15 is 0 Å². The van der Waals surface area contributed by atoms with Gasteiger partial charge in [-0.1, -0.05) is 30.3 Å². The number of rotatable bonds is 7. The van der Waals surface area contributed by atoms with E-state index in [2.05, 4.69) is 0 Å². The number of carbonyl (C=O) groups excluding carboxylic acids is 2. The zero-order valence-corrected chi connectivity index (χ0v) is 16.3. The number of hydrogen-bond donors (Lipinski definition) is 0. The molecule has 0 aliphatic rings. The van der Waals surface area contributed by atoms with Crippen LogP contribution in [0.15, 0.2) is 62.2 Å². The lowest BCUT2D eigenvalue weighted by Crippen LogP contribution is -2.17. The van der Waals surface area contributed by atoms with E-state index in [1.165, 1.54) is 4.57 Å². The SMILES string of the molecule is CCOC(=O)c1oc2ccccc2c1COC(=O)CCn1c(=O)oc2ccccc21. The molecule has 8 heteroatoms. The molecule has 2 heterocycles. The van der Waals surface area contributed by atoms with Crippen molar-refractivity contribution < 1.29 is 27.9 Å². The Morgan fingerprint density at radius 3 is 2.50 bits per heavy atom. The Kier molecular flexibility index (Phi) is 5.38. The summed E-state index contributed by atoms with van der Waals surface area (Å²) in [6.07, 6.45) is -0.0338. The van der Waals surface area contributed by atoms with Crippen LogP contribution in [0.3, 0.4) is 0 Å². The van der Waals surface area contributed by atoms with Crippen molar-refractivity contribution in [3.05, 3.63) is 70.4 Å². The number of oxazole rings is 1. The fourth-order valence-electron chi connectivity index (χ4n) is 3.26. The summed E-state index contributed by atoms with van der Waals surface area (Å²) in [7, 11) is 0. The summed E-state index contributed by atoms with van der Waals surface area (Å²) in [6, 6.07) is 14.1. The summed E-state index contributed by atoms with van der Waals surface area (Å²) in [5.41, 5.74) is 2.02. The highest BCUT2D eigenvalue weighted by Crippen LogP contribution is 2.27. The minimum absolute atomic E-state index is 0.0166. The summed E-state index contributed by atoms with van der Waals surface area (Å²) >= 11 is 0. The molecule has 8 nitrogen and oxygen atoms in total. The second-order valence-corrected chi connectivity index (χ2v) is 6.52. The molecule has 0 N–H and O–H groups in total. The first-order valence-corrected chi connectivity index (χ1v) is 9.50. The van der Waals surface area contributed by atoms with Gasteiger partial charge in [0.15, 0.2) is 5.58 Å². The van der Waals surface area contributed by atoms with Crippen molar-refractivity contribution >= 4 is 34.0 Å². The Bertz CT molecular complexity index is 1280. The van der Waals surface area contributed by atoms with Crippen molar-refractivity contribution in [1.29, 1.82) is 0 Å². The number of benzene rings is 2. The number of aromatic nitrogens is 1. The number of para-hydroxylation sites is 3. The van der Waals surface area contributed by atoms with E-state index in [0.717, 1.165) is 0 Å². The standard InChI is InChI=1S/C22H19NO7/c1-2-27-21(25)20-15(14-7-3-5-9-17(14)29-20)13-28-19(24)11-12-23-16-8-4-6-10-18(16)30-22(23)26/h3-10H,2,11-13H2,1H3. The van der Waals surface area contributed by atoms with Crippen molar-refractivity contribution in [2.24, 2.45) is 0 Å². The summed E-state index contributed by atoms with van der Waals surface area (Å²) < 4.78 is 22.5. The minimum Gasteiger partial charge on any atom is -0.461 e. The summed E-state index contributed by atoms with van der Waals surface area (Å²) in [4.78, 5) is 36.5. The van der Waals surface area contributed by atoms with Crippen LogP contribution in [-0.2, 0) is 27.4 Å². The molecule has 154 valence electrons. The summed E-state index contributed by atoms with van der Waals surface area (Å²) in [5, 5.41) is 0.672.